The van der Waals surface area contributed by atoms with Gasteiger partial charge < -0.3 is 14.5 Å². The van der Waals surface area contributed by atoms with Gasteiger partial charge in [-0.2, -0.15) is 0 Å². The number of nitrogens with one attached hydrogen (secondary N) is 1. The van der Waals surface area contributed by atoms with Crippen LogP contribution in [0.2, 0.25) is 0 Å². The maximum absolute atomic E-state index is 5.56. The molecule has 3 nitrogen and oxygen atoms in total. The van der Waals surface area contributed by atoms with Crippen molar-refractivity contribution in [2.45, 2.75) is 30.9 Å². The summed E-state index contributed by atoms with van der Waals surface area (Å²) in [4.78, 5) is 1.30. The number of thioether (sulfide) groups is 1. The molecule has 0 radical (unpaired) electrons. The Morgan fingerprint density at radius 2 is 2.05 bits per heavy atom. The number of hydrogen-bond donors (Lipinski definition) is 1. The van der Waals surface area contributed by atoms with Crippen molar-refractivity contribution in [3.05, 3.63) is 54.0 Å². The number of ether oxygens (including phenoxy) is 1. The molecular formula is C17H23NO2S. The van der Waals surface area contributed by atoms with Crippen LogP contribution in [0.4, 0.5) is 0 Å². The van der Waals surface area contributed by atoms with E-state index in [9.17, 15) is 0 Å². The zero-order valence-corrected chi connectivity index (χ0v) is 13.5. The van der Waals surface area contributed by atoms with Gasteiger partial charge in [0.1, 0.15) is 12.4 Å². The molecule has 0 spiro atoms. The Morgan fingerprint density at radius 1 is 1.24 bits per heavy atom. The fourth-order valence-electron chi connectivity index (χ4n) is 2.07. The van der Waals surface area contributed by atoms with Crippen molar-refractivity contribution in [3.8, 4) is 0 Å². The lowest BCUT2D eigenvalue weighted by atomic mass is 10.1. The molecule has 0 aliphatic rings. The van der Waals surface area contributed by atoms with Crippen LogP contribution in [0.25, 0.3) is 0 Å². The van der Waals surface area contributed by atoms with Gasteiger partial charge in [-0.1, -0.05) is 12.1 Å². The number of rotatable bonds is 9. The van der Waals surface area contributed by atoms with E-state index in [1.54, 1.807) is 18.0 Å². The highest BCUT2D eigenvalue weighted by Gasteiger charge is 2.04. The summed E-state index contributed by atoms with van der Waals surface area (Å²) in [5.74, 6) is 0.880. The lowest BCUT2D eigenvalue weighted by molar-refractivity contribution is 0.104. The van der Waals surface area contributed by atoms with Crippen molar-refractivity contribution in [1.29, 1.82) is 0 Å². The topological polar surface area (TPSA) is 34.4 Å². The minimum absolute atomic E-state index is 0.367. The van der Waals surface area contributed by atoms with E-state index < -0.39 is 0 Å². The fourth-order valence-corrected chi connectivity index (χ4v) is 2.48. The van der Waals surface area contributed by atoms with Crippen LogP contribution in [0.15, 0.2) is 52.0 Å². The first-order chi connectivity index (χ1) is 10.3. The van der Waals surface area contributed by atoms with Gasteiger partial charge in [-0.15, -0.1) is 11.8 Å². The molecule has 0 saturated heterocycles. The lowest BCUT2D eigenvalue weighted by Gasteiger charge is -2.14. The average molecular weight is 305 g/mol. The first-order valence-corrected chi connectivity index (χ1v) is 8.49. The van der Waals surface area contributed by atoms with E-state index >= 15 is 0 Å². The van der Waals surface area contributed by atoms with E-state index in [0.717, 1.165) is 25.3 Å². The van der Waals surface area contributed by atoms with Crippen LogP contribution < -0.4 is 5.32 Å². The van der Waals surface area contributed by atoms with Gasteiger partial charge in [-0.25, -0.2) is 0 Å². The molecule has 0 aliphatic carbocycles. The Bertz CT molecular complexity index is 496. The molecule has 1 atom stereocenters. The second-order valence-electron chi connectivity index (χ2n) is 4.93. The highest BCUT2D eigenvalue weighted by Crippen LogP contribution is 2.18. The quantitative estimate of drug-likeness (QED) is 0.554. The average Bonchev–Trinajstić information content (AvgIpc) is 3.04. The zero-order valence-electron chi connectivity index (χ0n) is 12.7. The maximum atomic E-state index is 5.56. The smallest absolute Gasteiger partial charge is 0.129 e. The van der Waals surface area contributed by atoms with Crippen LogP contribution in [0.3, 0.4) is 0 Å². The van der Waals surface area contributed by atoms with E-state index in [4.69, 9.17) is 9.15 Å². The number of hydrogen-bond acceptors (Lipinski definition) is 4. The molecule has 4 heteroatoms. The summed E-state index contributed by atoms with van der Waals surface area (Å²) in [6.07, 6.45) is 4.76. The van der Waals surface area contributed by atoms with Gasteiger partial charge in [0.25, 0.3) is 0 Å². The lowest BCUT2D eigenvalue weighted by Crippen LogP contribution is -2.20. The summed E-state index contributed by atoms with van der Waals surface area (Å²) in [6, 6.07) is 12.9. The fraction of sp³-hybridized carbons (Fsp3) is 0.412. The highest BCUT2D eigenvalue weighted by atomic mass is 32.2. The maximum Gasteiger partial charge on any atom is 0.129 e. The van der Waals surface area contributed by atoms with Crippen LogP contribution >= 0.6 is 11.8 Å². The van der Waals surface area contributed by atoms with Crippen molar-refractivity contribution < 1.29 is 9.15 Å². The van der Waals surface area contributed by atoms with E-state index in [1.807, 2.05) is 12.1 Å². The van der Waals surface area contributed by atoms with Crippen molar-refractivity contribution in [2.24, 2.45) is 0 Å². The Morgan fingerprint density at radius 3 is 2.71 bits per heavy atom. The molecule has 0 aliphatic heterocycles. The molecule has 0 saturated carbocycles. The van der Waals surface area contributed by atoms with Crippen molar-refractivity contribution in [3.63, 3.8) is 0 Å². The SMILES string of the molecule is CSc1ccc(C(C)NCCCOCc2ccco2)cc1. The van der Waals surface area contributed by atoms with Gasteiger partial charge in [0.05, 0.1) is 6.26 Å². The Hall–Kier alpha value is -1.23. The van der Waals surface area contributed by atoms with Gasteiger partial charge in [0, 0.05) is 17.5 Å². The highest BCUT2D eigenvalue weighted by molar-refractivity contribution is 7.98. The van der Waals surface area contributed by atoms with Crippen molar-refractivity contribution >= 4 is 11.8 Å². The number of furan rings is 1. The summed E-state index contributed by atoms with van der Waals surface area (Å²) in [7, 11) is 0. The number of benzene rings is 1. The summed E-state index contributed by atoms with van der Waals surface area (Å²) < 4.78 is 10.8. The normalized spacial score (nSPS) is 12.5. The summed E-state index contributed by atoms with van der Waals surface area (Å²) in [5.41, 5.74) is 1.32. The van der Waals surface area contributed by atoms with E-state index in [0.29, 0.717) is 12.6 Å². The first kappa shape index (κ1) is 16.1. The third-order valence-corrected chi connectivity index (χ3v) is 4.10. The molecule has 2 rings (SSSR count). The van der Waals surface area contributed by atoms with Crippen molar-refractivity contribution in [1.82, 2.24) is 5.32 Å². The molecular weight excluding hydrogens is 282 g/mol. The van der Waals surface area contributed by atoms with E-state index in [1.165, 1.54) is 10.5 Å². The molecule has 1 aromatic heterocycles. The predicted molar refractivity (Wildman–Crippen MR) is 87.6 cm³/mol. The molecule has 1 aromatic carbocycles. The Kier molecular flexibility index (Phi) is 6.86. The van der Waals surface area contributed by atoms with Gasteiger partial charge in [-0.05, 0) is 56.0 Å². The second kappa shape index (κ2) is 8.93. The predicted octanol–water partition coefficient (Wildman–Crippen LogP) is 4.26. The van der Waals surface area contributed by atoms with Gasteiger partial charge in [-0.3, -0.25) is 0 Å². The third-order valence-electron chi connectivity index (χ3n) is 3.36. The van der Waals surface area contributed by atoms with E-state index in [-0.39, 0.29) is 0 Å². The second-order valence-corrected chi connectivity index (χ2v) is 5.81. The Balaban J connectivity index is 1.59. The van der Waals surface area contributed by atoms with Crippen LogP contribution in [0.1, 0.15) is 30.7 Å². The molecule has 1 heterocycles. The molecule has 114 valence electrons. The van der Waals surface area contributed by atoms with Crippen LogP contribution in [-0.4, -0.2) is 19.4 Å². The summed E-state index contributed by atoms with van der Waals surface area (Å²) in [6.45, 7) is 4.44. The van der Waals surface area contributed by atoms with Crippen LogP contribution in [0, 0.1) is 0 Å². The first-order valence-electron chi connectivity index (χ1n) is 7.27. The summed E-state index contributed by atoms with van der Waals surface area (Å²) in [5, 5.41) is 3.52. The van der Waals surface area contributed by atoms with E-state index in [2.05, 4.69) is 42.8 Å². The van der Waals surface area contributed by atoms with Gasteiger partial charge >= 0.3 is 0 Å². The van der Waals surface area contributed by atoms with Crippen molar-refractivity contribution in [2.75, 3.05) is 19.4 Å². The third kappa shape index (κ3) is 5.58. The standard InChI is InChI=1S/C17H23NO2S/c1-14(15-6-8-17(21-2)9-7-15)18-10-4-11-19-13-16-5-3-12-20-16/h3,5-9,12,14,18H,4,10-11,13H2,1-2H3. The summed E-state index contributed by atoms with van der Waals surface area (Å²) >= 11 is 1.77. The molecule has 0 fully saturated rings. The largest absolute Gasteiger partial charge is 0.467 e. The minimum atomic E-state index is 0.367. The molecule has 0 amide bonds. The molecule has 0 bridgehead atoms. The molecule has 1 unspecified atom stereocenters. The van der Waals surface area contributed by atoms with Gasteiger partial charge in [0.2, 0.25) is 0 Å². The molecule has 2 aromatic rings. The van der Waals surface area contributed by atoms with Crippen LogP contribution in [-0.2, 0) is 11.3 Å². The molecule has 1 N–H and O–H groups in total. The Labute approximate surface area is 131 Å². The zero-order chi connectivity index (χ0) is 14.9. The molecule has 21 heavy (non-hydrogen) atoms. The monoisotopic (exact) mass is 305 g/mol. The van der Waals surface area contributed by atoms with Gasteiger partial charge in [0.15, 0.2) is 0 Å². The van der Waals surface area contributed by atoms with Crippen LogP contribution in [0.5, 0.6) is 0 Å². The minimum Gasteiger partial charge on any atom is -0.467 e.